The molecule has 0 heterocycles. The van der Waals surface area contributed by atoms with Gasteiger partial charge in [0, 0.05) is 20.7 Å². The van der Waals surface area contributed by atoms with E-state index in [2.05, 4.69) is 5.32 Å². The molecule has 5 nitrogen and oxygen atoms in total. The van der Waals surface area contributed by atoms with Crippen molar-refractivity contribution in [3.8, 4) is 5.75 Å². The Labute approximate surface area is 108 Å². The van der Waals surface area contributed by atoms with Crippen LogP contribution in [0.5, 0.6) is 5.75 Å². The van der Waals surface area contributed by atoms with E-state index in [0.717, 1.165) is 5.69 Å². The van der Waals surface area contributed by atoms with Crippen molar-refractivity contribution in [1.29, 1.82) is 0 Å². The fourth-order valence-corrected chi connectivity index (χ4v) is 1.53. The largest absolute Gasteiger partial charge is 0.495 e. The van der Waals surface area contributed by atoms with Crippen LogP contribution in [0.3, 0.4) is 0 Å². The Morgan fingerprint density at radius 2 is 2.06 bits per heavy atom. The second-order valence-corrected chi connectivity index (χ2v) is 3.79. The Kier molecular flexibility index (Phi) is 6.18. The summed E-state index contributed by atoms with van der Waals surface area (Å²) in [6, 6.07) is 7.43. The normalized spacial score (nSPS) is 10.2. The lowest BCUT2D eigenvalue weighted by Crippen LogP contribution is -2.36. The maximum absolute atomic E-state index is 11.9. The first-order valence-electron chi connectivity index (χ1n) is 5.80. The van der Waals surface area contributed by atoms with E-state index in [1.807, 2.05) is 24.3 Å². The first kappa shape index (κ1) is 14.5. The Bertz CT molecular complexity index is 382. The number of hydrogen-bond acceptors (Lipinski definition) is 4. The number of likely N-dealkylation sites (N-methyl/N-ethyl adjacent to an activating group) is 1. The number of nitrogens with one attached hydrogen (secondary N) is 1. The molecule has 0 aromatic heterocycles. The predicted octanol–water partition coefficient (Wildman–Crippen LogP) is 0.894. The third-order valence-corrected chi connectivity index (χ3v) is 2.58. The second kappa shape index (κ2) is 7.68. The van der Waals surface area contributed by atoms with Gasteiger partial charge < -0.3 is 19.7 Å². The molecular formula is C13H20N2O3. The van der Waals surface area contributed by atoms with Crippen molar-refractivity contribution in [2.75, 3.05) is 45.9 Å². The number of carbonyl (C=O) groups excluding carboxylic acids is 1. The summed E-state index contributed by atoms with van der Waals surface area (Å²) < 4.78 is 10.1. The molecule has 5 heteroatoms. The number of anilines is 1. The average molecular weight is 252 g/mol. The molecular weight excluding hydrogens is 232 g/mol. The van der Waals surface area contributed by atoms with Gasteiger partial charge in [0.25, 0.3) is 0 Å². The fourth-order valence-electron chi connectivity index (χ4n) is 1.53. The van der Waals surface area contributed by atoms with Crippen LogP contribution < -0.4 is 15.0 Å². The number of hydrogen-bond donors (Lipinski definition) is 1. The highest BCUT2D eigenvalue weighted by Gasteiger charge is 2.13. The van der Waals surface area contributed by atoms with Crippen LogP contribution in [0.1, 0.15) is 0 Å². The zero-order valence-electron chi connectivity index (χ0n) is 11.1. The van der Waals surface area contributed by atoms with E-state index in [1.54, 1.807) is 26.2 Å². The highest BCUT2D eigenvalue weighted by Crippen LogP contribution is 2.26. The molecule has 1 rings (SSSR count). The third kappa shape index (κ3) is 4.01. The number of ether oxygens (including phenoxy) is 2. The van der Waals surface area contributed by atoms with E-state index in [9.17, 15) is 4.79 Å². The number of methoxy groups -OCH3 is 2. The number of para-hydroxylation sites is 2. The van der Waals surface area contributed by atoms with Crippen molar-refractivity contribution in [3.63, 3.8) is 0 Å². The van der Waals surface area contributed by atoms with E-state index in [-0.39, 0.29) is 12.5 Å². The number of carbonyl (C=O) groups is 1. The number of benzene rings is 1. The minimum Gasteiger partial charge on any atom is -0.495 e. The smallest absolute Gasteiger partial charge is 0.240 e. The SMILES string of the molecule is COCCNCC(=O)N(C)c1ccccc1OC. The average Bonchev–Trinajstić information content (AvgIpc) is 2.42. The third-order valence-electron chi connectivity index (χ3n) is 2.58. The molecule has 0 fully saturated rings. The minimum atomic E-state index is -0.0180. The summed E-state index contributed by atoms with van der Waals surface area (Å²) in [4.78, 5) is 13.5. The van der Waals surface area contributed by atoms with Crippen molar-refractivity contribution in [2.24, 2.45) is 0 Å². The lowest BCUT2D eigenvalue weighted by molar-refractivity contribution is -0.117. The van der Waals surface area contributed by atoms with Gasteiger partial charge in [0.2, 0.25) is 5.91 Å². The van der Waals surface area contributed by atoms with Gasteiger partial charge in [-0.3, -0.25) is 4.79 Å². The fraction of sp³-hybridized carbons (Fsp3) is 0.462. The molecule has 1 N–H and O–H groups in total. The van der Waals surface area contributed by atoms with E-state index in [1.165, 1.54) is 0 Å². The zero-order valence-corrected chi connectivity index (χ0v) is 11.1. The lowest BCUT2D eigenvalue weighted by Gasteiger charge is -2.20. The quantitative estimate of drug-likeness (QED) is 0.732. The van der Waals surface area contributed by atoms with Gasteiger partial charge in [-0.15, -0.1) is 0 Å². The summed E-state index contributed by atoms with van der Waals surface area (Å²) in [5.41, 5.74) is 0.763. The van der Waals surface area contributed by atoms with Crippen molar-refractivity contribution in [2.45, 2.75) is 0 Å². The van der Waals surface area contributed by atoms with Crippen LogP contribution in [-0.4, -0.2) is 46.9 Å². The van der Waals surface area contributed by atoms with Gasteiger partial charge in [-0.1, -0.05) is 12.1 Å². The van der Waals surface area contributed by atoms with Gasteiger partial charge in [-0.2, -0.15) is 0 Å². The summed E-state index contributed by atoms with van der Waals surface area (Å²) >= 11 is 0. The topological polar surface area (TPSA) is 50.8 Å². The second-order valence-electron chi connectivity index (χ2n) is 3.79. The summed E-state index contributed by atoms with van der Waals surface area (Å²) in [6.07, 6.45) is 0. The molecule has 0 spiro atoms. The van der Waals surface area contributed by atoms with Crippen molar-refractivity contribution >= 4 is 11.6 Å². The van der Waals surface area contributed by atoms with Crippen LogP contribution in [0.2, 0.25) is 0 Å². The molecule has 1 amide bonds. The van der Waals surface area contributed by atoms with Gasteiger partial charge in [0.1, 0.15) is 5.75 Å². The summed E-state index contributed by atoms with van der Waals surface area (Å²) in [6.45, 7) is 1.52. The molecule has 0 bridgehead atoms. The van der Waals surface area contributed by atoms with Crippen LogP contribution >= 0.6 is 0 Å². The number of rotatable bonds is 7. The maximum Gasteiger partial charge on any atom is 0.240 e. The van der Waals surface area contributed by atoms with Crippen LogP contribution in [-0.2, 0) is 9.53 Å². The highest BCUT2D eigenvalue weighted by atomic mass is 16.5. The molecule has 0 aliphatic rings. The van der Waals surface area contributed by atoms with Gasteiger partial charge >= 0.3 is 0 Å². The van der Waals surface area contributed by atoms with E-state index in [4.69, 9.17) is 9.47 Å². The summed E-state index contributed by atoms with van der Waals surface area (Å²) in [5.74, 6) is 0.667. The molecule has 0 saturated carbocycles. The maximum atomic E-state index is 11.9. The summed E-state index contributed by atoms with van der Waals surface area (Å²) in [7, 11) is 4.95. The Balaban J connectivity index is 2.57. The van der Waals surface area contributed by atoms with Gasteiger partial charge in [-0.25, -0.2) is 0 Å². The van der Waals surface area contributed by atoms with E-state index < -0.39 is 0 Å². The van der Waals surface area contributed by atoms with Crippen molar-refractivity contribution < 1.29 is 14.3 Å². The van der Waals surface area contributed by atoms with Gasteiger partial charge in [-0.05, 0) is 12.1 Å². The molecule has 18 heavy (non-hydrogen) atoms. The molecule has 0 saturated heterocycles. The Hall–Kier alpha value is -1.59. The molecule has 0 aliphatic carbocycles. The molecule has 0 aliphatic heterocycles. The van der Waals surface area contributed by atoms with Crippen molar-refractivity contribution in [3.05, 3.63) is 24.3 Å². The van der Waals surface area contributed by atoms with E-state index >= 15 is 0 Å². The first-order valence-corrected chi connectivity index (χ1v) is 5.80. The van der Waals surface area contributed by atoms with Crippen LogP contribution in [0, 0.1) is 0 Å². The van der Waals surface area contributed by atoms with Crippen LogP contribution in [0.4, 0.5) is 5.69 Å². The van der Waals surface area contributed by atoms with Gasteiger partial charge in [0.05, 0.1) is 25.9 Å². The van der Waals surface area contributed by atoms with Crippen molar-refractivity contribution in [1.82, 2.24) is 5.32 Å². The molecule has 0 atom stereocenters. The Morgan fingerprint density at radius 3 is 2.72 bits per heavy atom. The van der Waals surface area contributed by atoms with Gasteiger partial charge in [0.15, 0.2) is 0 Å². The van der Waals surface area contributed by atoms with E-state index in [0.29, 0.717) is 18.9 Å². The van der Waals surface area contributed by atoms with Crippen LogP contribution in [0.15, 0.2) is 24.3 Å². The molecule has 1 aromatic carbocycles. The minimum absolute atomic E-state index is 0.0180. The molecule has 0 unspecified atom stereocenters. The lowest BCUT2D eigenvalue weighted by atomic mass is 10.2. The highest BCUT2D eigenvalue weighted by molar-refractivity contribution is 5.95. The first-order chi connectivity index (χ1) is 8.70. The zero-order chi connectivity index (χ0) is 13.4. The number of nitrogens with zero attached hydrogens (tertiary/aromatic N) is 1. The monoisotopic (exact) mass is 252 g/mol. The molecule has 0 radical (unpaired) electrons. The Morgan fingerprint density at radius 1 is 1.33 bits per heavy atom. The molecule has 100 valence electrons. The summed E-state index contributed by atoms with van der Waals surface area (Å²) in [5, 5.41) is 3.02. The predicted molar refractivity (Wildman–Crippen MR) is 71.1 cm³/mol. The standard InChI is InChI=1S/C13H20N2O3/c1-15(13(16)10-14-8-9-17-2)11-6-4-5-7-12(11)18-3/h4-7,14H,8-10H2,1-3H3. The molecule has 1 aromatic rings. The number of amides is 1. The van der Waals surface area contributed by atoms with Crippen LogP contribution in [0.25, 0.3) is 0 Å².